The molecule has 0 fully saturated rings. The highest BCUT2D eigenvalue weighted by atomic mass is 79.9. The van der Waals surface area contributed by atoms with Gasteiger partial charge in [0.25, 0.3) is 0 Å². The minimum absolute atomic E-state index is 1.09. The van der Waals surface area contributed by atoms with Gasteiger partial charge >= 0.3 is 0 Å². The summed E-state index contributed by atoms with van der Waals surface area (Å²) in [5.74, 6) is 0. The lowest BCUT2D eigenvalue weighted by Crippen LogP contribution is -1.83. The van der Waals surface area contributed by atoms with Gasteiger partial charge in [0.15, 0.2) is 0 Å². The Bertz CT molecular complexity index is 496. The van der Waals surface area contributed by atoms with Gasteiger partial charge in [-0.25, -0.2) is 0 Å². The first-order chi connectivity index (χ1) is 7.36. The van der Waals surface area contributed by atoms with Gasteiger partial charge in [0, 0.05) is 14.9 Å². The Balaban J connectivity index is 2.22. The largest absolute Gasteiger partial charge is 0.310 e. The predicted molar refractivity (Wildman–Crippen MR) is 72.3 cm³/mol. The maximum atomic E-state index is 3.53. The van der Waals surface area contributed by atoms with Crippen LogP contribution < -0.4 is 9.44 Å². The molecule has 2 N–H and O–H groups in total. The predicted octanol–water partition coefficient (Wildman–Crippen LogP) is 4.58. The second kappa shape index (κ2) is 3.73. The molecule has 2 heterocycles. The van der Waals surface area contributed by atoms with Crippen molar-refractivity contribution in [1.82, 2.24) is 0 Å². The van der Waals surface area contributed by atoms with Crippen molar-refractivity contribution in [3.8, 4) is 10.4 Å². The first kappa shape index (κ1) is 9.57. The molecule has 0 amide bonds. The molecule has 0 radical (unpaired) electrons. The third-order valence-electron chi connectivity index (χ3n) is 2.25. The summed E-state index contributed by atoms with van der Waals surface area (Å²) in [6.45, 7) is 0. The molecule has 3 rings (SSSR count). The normalized spacial score (nSPS) is 13.1. The molecule has 0 aliphatic carbocycles. The van der Waals surface area contributed by atoms with Gasteiger partial charge in [-0.05, 0) is 33.4 Å². The first-order valence-corrected chi connectivity index (χ1v) is 6.89. The second-order valence-electron chi connectivity index (χ2n) is 3.13. The Morgan fingerprint density at radius 2 is 1.93 bits per heavy atom. The van der Waals surface area contributed by atoms with Gasteiger partial charge in [-0.2, -0.15) is 0 Å². The van der Waals surface area contributed by atoms with Gasteiger partial charge < -0.3 is 9.44 Å². The van der Waals surface area contributed by atoms with Crippen molar-refractivity contribution in [2.24, 2.45) is 0 Å². The van der Waals surface area contributed by atoms with Crippen LogP contribution in [0.2, 0.25) is 0 Å². The van der Waals surface area contributed by atoms with Crippen LogP contribution >= 0.6 is 39.4 Å². The van der Waals surface area contributed by atoms with Crippen LogP contribution in [0.1, 0.15) is 0 Å². The van der Waals surface area contributed by atoms with Gasteiger partial charge in [0.05, 0.1) is 23.5 Å². The second-order valence-corrected chi connectivity index (χ2v) is 5.54. The Kier molecular flexibility index (Phi) is 2.38. The average Bonchev–Trinajstić information content (AvgIpc) is 2.88. The van der Waals surface area contributed by atoms with E-state index in [-0.39, 0.29) is 0 Å². The zero-order valence-electron chi connectivity index (χ0n) is 7.58. The SMILES string of the molecule is Brc1ccc(-c2cccs2)c2c1NSN2. The van der Waals surface area contributed by atoms with Crippen molar-refractivity contribution in [2.75, 3.05) is 9.44 Å². The highest BCUT2D eigenvalue weighted by molar-refractivity contribution is 9.10. The van der Waals surface area contributed by atoms with Gasteiger partial charge in [-0.3, -0.25) is 0 Å². The van der Waals surface area contributed by atoms with Crippen molar-refractivity contribution in [1.29, 1.82) is 0 Å². The molecule has 76 valence electrons. The van der Waals surface area contributed by atoms with Crippen LogP contribution in [-0.4, -0.2) is 0 Å². The van der Waals surface area contributed by atoms with E-state index in [2.05, 4.69) is 55.0 Å². The lowest BCUT2D eigenvalue weighted by atomic mass is 10.1. The topological polar surface area (TPSA) is 24.1 Å². The molecule has 2 nitrogen and oxygen atoms in total. The number of hydrogen-bond donors (Lipinski definition) is 2. The summed E-state index contributed by atoms with van der Waals surface area (Å²) in [6, 6.07) is 8.42. The van der Waals surface area contributed by atoms with Gasteiger partial charge in [-0.1, -0.05) is 12.1 Å². The number of anilines is 2. The molecule has 0 spiro atoms. The van der Waals surface area contributed by atoms with E-state index in [1.54, 1.807) is 11.3 Å². The number of thiophene rings is 1. The number of nitrogens with one attached hydrogen (secondary N) is 2. The third-order valence-corrected chi connectivity index (χ3v) is 4.42. The first-order valence-electron chi connectivity index (χ1n) is 4.40. The Hall–Kier alpha value is -0.650. The third kappa shape index (κ3) is 1.55. The van der Waals surface area contributed by atoms with E-state index in [0.29, 0.717) is 0 Å². The Morgan fingerprint density at radius 3 is 2.73 bits per heavy atom. The van der Waals surface area contributed by atoms with Crippen molar-refractivity contribution < 1.29 is 0 Å². The molecule has 1 aliphatic heterocycles. The van der Waals surface area contributed by atoms with E-state index in [1.807, 2.05) is 0 Å². The number of hydrogen-bond acceptors (Lipinski definition) is 4. The van der Waals surface area contributed by atoms with E-state index in [1.165, 1.54) is 22.6 Å². The minimum atomic E-state index is 1.09. The number of benzene rings is 1. The molecule has 1 aliphatic rings. The quantitative estimate of drug-likeness (QED) is 0.754. The highest BCUT2D eigenvalue weighted by Crippen LogP contribution is 2.46. The van der Waals surface area contributed by atoms with Crippen molar-refractivity contribution in [2.45, 2.75) is 0 Å². The Labute approximate surface area is 104 Å². The molecule has 1 aromatic heterocycles. The van der Waals surface area contributed by atoms with Gasteiger partial charge in [-0.15, -0.1) is 11.3 Å². The van der Waals surface area contributed by atoms with Crippen LogP contribution in [0.15, 0.2) is 34.1 Å². The molecule has 0 atom stereocenters. The lowest BCUT2D eigenvalue weighted by Gasteiger charge is -2.06. The fourth-order valence-corrected chi connectivity index (χ4v) is 3.55. The minimum Gasteiger partial charge on any atom is -0.310 e. The molecule has 15 heavy (non-hydrogen) atoms. The summed E-state index contributed by atoms with van der Waals surface area (Å²) < 4.78 is 7.61. The molecular weight excluding hydrogens is 292 g/mol. The van der Waals surface area contributed by atoms with Crippen molar-refractivity contribution >= 4 is 50.8 Å². The Morgan fingerprint density at radius 1 is 1.07 bits per heavy atom. The van der Waals surface area contributed by atoms with Gasteiger partial charge in [0.2, 0.25) is 0 Å². The highest BCUT2D eigenvalue weighted by Gasteiger charge is 2.18. The van der Waals surface area contributed by atoms with E-state index in [9.17, 15) is 0 Å². The maximum Gasteiger partial charge on any atom is 0.0848 e. The summed E-state index contributed by atoms with van der Waals surface area (Å²) in [5, 5.41) is 2.10. The monoisotopic (exact) mass is 298 g/mol. The number of halogens is 1. The summed E-state index contributed by atoms with van der Waals surface area (Å²) in [6.07, 6.45) is 0. The van der Waals surface area contributed by atoms with Crippen molar-refractivity contribution in [3.63, 3.8) is 0 Å². The summed E-state index contributed by atoms with van der Waals surface area (Å²) in [5.41, 5.74) is 3.54. The zero-order chi connectivity index (χ0) is 10.3. The van der Waals surface area contributed by atoms with Crippen LogP contribution in [0.5, 0.6) is 0 Å². The van der Waals surface area contributed by atoms with Crippen LogP contribution in [0, 0.1) is 0 Å². The van der Waals surface area contributed by atoms with E-state index in [4.69, 9.17) is 0 Å². The van der Waals surface area contributed by atoms with Gasteiger partial charge in [0.1, 0.15) is 0 Å². The molecule has 0 unspecified atom stereocenters. The van der Waals surface area contributed by atoms with Crippen LogP contribution in [0.3, 0.4) is 0 Å². The lowest BCUT2D eigenvalue weighted by molar-refractivity contribution is 1.64. The zero-order valence-corrected chi connectivity index (χ0v) is 10.8. The molecule has 0 bridgehead atoms. The standard InChI is InChI=1S/C10H7BrN2S2/c11-7-4-3-6(8-2-1-5-14-8)9-10(7)13-15-12-9/h1-5,12-13H. The maximum absolute atomic E-state index is 3.53. The molecule has 0 saturated carbocycles. The fraction of sp³-hybridized carbons (Fsp3) is 0. The molecule has 5 heteroatoms. The van der Waals surface area contributed by atoms with Crippen LogP contribution in [0.25, 0.3) is 10.4 Å². The number of rotatable bonds is 1. The average molecular weight is 299 g/mol. The van der Waals surface area contributed by atoms with Crippen molar-refractivity contribution in [3.05, 3.63) is 34.1 Å². The van der Waals surface area contributed by atoms with E-state index >= 15 is 0 Å². The fourth-order valence-electron chi connectivity index (χ4n) is 1.55. The molecular formula is C10H7BrN2S2. The smallest absolute Gasteiger partial charge is 0.0848 e. The summed E-state index contributed by atoms with van der Waals surface area (Å²) in [7, 11) is 0. The molecule has 1 aromatic carbocycles. The molecule has 2 aromatic rings. The van der Waals surface area contributed by atoms with Crippen LogP contribution in [0.4, 0.5) is 11.4 Å². The summed E-state index contributed by atoms with van der Waals surface area (Å²) in [4.78, 5) is 1.29. The van der Waals surface area contributed by atoms with Crippen LogP contribution in [-0.2, 0) is 0 Å². The number of fused-ring (bicyclic) bond motifs is 1. The summed E-state index contributed by atoms with van der Waals surface area (Å²) >= 11 is 6.79. The molecule has 0 saturated heterocycles. The van der Waals surface area contributed by atoms with E-state index in [0.717, 1.165) is 15.8 Å². The van der Waals surface area contributed by atoms with E-state index < -0.39 is 0 Å².